The van der Waals surface area contributed by atoms with E-state index in [1.165, 1.54) is 4.90 Å². The standard InChI is InChI=1S/C29H24N2O5/c1-28-13-14-29(36-28,15-16-35-27(34)18-7-3-2-4-8-18)24-23(28)25(32)31(26(24)33)22-12-11-19(17-30)20-9-5-6-10-21(20)22/h2-12,23-24H,13-16H2,1H3/t23-,24+,28?,29?/m0/s1. The number of hydrogen-bond acceptors (Lipinski definition) is 6. The SMILES string of the molecule is CC12CCC(CCOC(=O)c3ccccc3)(O1)[C@H]1C(=O)N(c3ccc(C#N)c4ccccc34)C(=O)[C@H]12. The van der Waals surface area contributed by atoms with E-state index >= 15 is 0 Å². The van der Waals surface area contributed by atoms with Crippen LogP contribution in [0.15, 0.2) is 66.7 Å². The molecule has 0 aromatic heterocycles. The second kappa shape index (κ2) is 8.00. The highest BCUT2D eigenvalue weighted by atomic mass is 16.6. The van der Waals surface area contributed by atoms with Gasteiger partial charge in [-0.1, -0.05) is 42.5 Å². The highest BCUT2D eigenvalue weighted by Gasteiger charge is 2.73. The molecule has 180 valence electrons. The van der Waals surface area contributed by atoms with Gasteiger partial charge in [0.25, 0.3) is 0 Å². The molecule has 3 fully saturated rings. The van der Waals surface area contributed by atoms with Crippen LogP contribution in [0.5, 0.6) is 0 Å². The Labute approximate surface area is 208 Å². The molecule has 3 aliphatic rings. The molecule has 36 heavy (non-hydrogen) atoms. The molecule has 7 nitrogen and oxygen atoms in total. The van der Waals surface area contributed by atoms with Gasteiger partial charge in [0.15, 0.2) is 0 Å². The van der Waals surface area contributed by atoms with Crippen molar-refractivity contribution in [2.45, 2.75) is 37.4 Å². The summed E-state index contributed by atoms with van der Waals surface area (Å²) in [6, 6.07) is 21.6. The molecule has 3 heterocycles. The predicted octanol–water partition coefficient (Wildman–Crippen LogP) is 4.39. The Morgan fingerprint density at radius 1 is 1.00 bits per heavy atom. The molecule has 3 aromatic rings. The van der Waals surface area contributed by atoms with E-state index in [1.807, 2.05) is 37.3 Å². The van der Waals surface area contributed by atoms with Crippen molar-refractivity contribution in [1.82, 2.24) is 0 Å². The first-order valence-electron chi connectivity index (χ1n) is 12.1. The molecule has 4 atom stereocenters. The number of rotatable bonds is 5. The second-order valence-electron chi connectivity index (χ2n) is 9.99. The Hall–Kier alpha value is -4.02. The monoisotopic (exact) mass is 480 g/mol. The Kier molecular flexibility index (Phi) is 4.99. The van der Waals surface area contributed by atoms with Crippen molar-refractivity contribution in [3.05, 3.63) is 77.9 Å². The van der Waals surface area contributed by atoms with Gasteiger partial charge in [0, 0.05) is 17.2 Å². The number of carbonyl (C=O) groups is 3. The highest BCUT2D eigenvalue weighted by molar-refractivity contribution is 6.26. The van der Waals surface area contributed by atoms with E-state index in [2.05, 4.69) is 6.07 Å². The molecule has 0 N–H and O–H groups in total. The van der Waals surface area contributed by atoms with Crippen LogP contribution in [0.4, 0.5) is 5.69 Å². The van der Waals surface area contributed by atoms with E-state index in [9.17, 15) is 19.6 Å². The quantitative estimate of drug-likeness (QED) is 0.397. The Morgan fingerprint density at radius 2 is 1.69 bits per heavy atom. The lowest BCUT2D eigenvalue weighted by molar-refractivity contribution is -0.131. The minimum Gasteiger partial charge on any atom is -0.462 e. The van der Waals surface area contributed by atoms with Crippen LogP contribution in [0.2, 0.25) is 0 Å². The zero-order chi connectivity index (χ0) is 25.1. The minimum absolute atomic E-state index is 0.0916. The van der Waals surface area contributed by atoms with Crippen molar-refractivity contribution in [3.8, 4) is 6.07 Å². The molecule has 0 spiro atoms. The van der Waals surface area contributed by atoms with Crippen LogP contribution in [0.1, 0.15) is 42.1 Å². The fourth-order valence-corrected chi connectivity index (χ4v) is 6.40. The van der Waals surface area contributed by atoms with Crippen LogP contribution in [-0.4, -0.2) is 35.6 Å². The molecule has 2 amide bonds. The van der Waals surface area contributed by atoms with Crippen LogP contribution in [0.3, 0.4) is 0 Å². The van der Waals surface area contributed by atoms with Gasteiger partial charge in [0.2, 0.25) is 11.8 Å². The number of imide groups is 1. The number of anilines is 1. The van der Waals surface area contributed by atoms with Gasteiger partial charge in [0.1, 0.15) is 0 Å². The molecule has 3 saturated heterocycles. The second-order valence-corrected chi connectivity index (χ2v) is 9.99. The number of fused-ring (bicyclic) bond motifs is 6. The normalized spacial score (nSPS) is 28.4. The summed E-state index contributed by atoms with van der Waals surface area (Å²) >= 11 is 0. The van der Waals surface area contributed by atoms with E-state index in [-0.39, 0.29) is 18.4 Å². The minimum atomic E-state index is -0.861. The first-order chi connectivity index (χ1) is 17.4. The third-order valence-corrected chi connectivity index (χ3v) is 8.04. The van der Waals surface area contributed by atoms with Crippen LogP contribution < -0.4 is 4.90 Å². The fraction of sp³-hybridized carbons (Fsp3) is 0.310. The maximum absolute atomic E-state index is 13.9. The van der Waals surface area contributed by atoms with Gasteiger partial charge >= 0.3 is 5.97 Å². The number of amides is 2. The number of hydrogen-bond donors (Lipinski definition) is 0. The zero-order valence-corrected chi connectivity index (χ0v) is 19.8. The molecule has 2 unspecified atom stereocenters. The lowest BCUT2D eigenvalue weighted by Crippen LogP contribution is -2.43. The van der Waals surface area contributed by atoms with Crippen molar-refractivity contribution in [3.63, 3.8) is 0 Å². The molecular weight excluding hydrogens is 456 g/mol. The molecule has 0 aliphatic carbocycles. The highest BCUT2D eigenvalue weighted by Crippen LogP contribution is 2.62. The Balaban J connectivity index is 1.31. The first kappa shape index (κ1) is 22.4. The van der Waals surface area contributed by atoms with Crippen LogP contribution in [0, 0.1) is 23.2 Å². The lowest BCUT2D eigenvalue weighted by Gasteiger charge is -2.31. The summed E-state index contributed by atoms with van der Waals surface area (Å²) in [6.07, 6.45) is 1.61. The van der Waals surface area contributed by atoms with Gasteiger partial charge in [-0.3, -0.25) is 9.59 Å². The summed E-state index contributed by atoms with van der Waals surface area (Å²) in [6.45, 7) is 2.00. The summed E-state index contributed by atoms with van der Waals surface area (Å²) in [5.41, 5.74) is -0.177. The molecule has 7 heteroatoms. The molecule has 6 rings (SSSR count). The van der Waals surface area contributed by atoms with E-state index in [0.29, 0.717) is 46.8 Å². The summed E-state index contributed by atoms with van der Waals surface area (Å²) in [5.74, 6) is -2.24. The van der Waals surface area contributed by atoms with E-state index < -0.39 is 29.0 Å². The largest absolute Gasteiger partial charge is 0.462 e. The number of nitriles is 1. The lowest BCUT2D eigenvalue weighted by atomic mass is 9.67. The molecular formula is C29H24N2O5. The van der Waals surface area contributed by atoms with E-state index in [0.717, 1.165) is 0 Å². The summed E-state index contributed by atoms with van der Waals surface area (Å²) in [5, 5.41) is 10.9. The van der Waals surface area contributed by atoms with Crippen molar-refractivity contribution in [1.29, 1.82) is 5.26 Å². The zero-order valence-electron chi connectivity index (χ0n) is 19.8. The molecule has 0 radical (unpaired) electrons. The molecule has 3 aromatic carbocycles. The van der Waals surface area contributed by atoms with Crippen LogP contribution >= 0.6 is 0 Å². The summed E-state index contributed by atoms with van der Waals surface area (Å²) < 4.78 is 12.0. The molecule has 2 bridgehead atoms. The number of carbonyl (C=O) groups excluding carboxylic acids is 3. The summed E-state index contributed by atoms with van der Waals surface area (Å²) in [7, 11) is 0. The average Bonchev–Trinajstić information content (AvgIpc) is 3.48. The molecule has 3 aliphatic heterocycles. The predicted molar refractivity (Wildman–Crippen MR) is 131 cm³/mol. The Bertz CT molecular complexity index is 1460. The van der Waals surface area contributed by atoms with Gasteiger partial charge < -0.3 is 9.47 Å². The third-order valence-electron chi connectivity index (χ3n) is 8.04. The average molecular weight is 481 g/mol. The van der Waals surface area contributed by atoms with Crippen molar-refractivity contribution < 1.29 is 23.9 Å². The van der Waals surface area contributed by atoms with E-state index in [4.69, 9.17) is 9.47 Å². The van der Waals surface area contributed by atoms with E-state index in [1.54, 1.807) is 36.4 Å². The van der Waals surface area contributed by atoms with Crippen molar-refractivity contribution in [2.24, 2.45) is 11.8 Å². The maximum atomic E-state index is 13.9. The number of ether oxygens (including phenoxy) is 2. The smallest absolute Gasteiger partial charge is 0.338 e. The third kappa shape index (κ3) is 3.11. The first-order valence-corrected chi connectivity index (χ1v) is 12.1. The van der Waals surface area contributed by atoms with Gasteiger partial charge in [-0.25, -0.2) is 9.69 Å². The number of nitrogens with zero attached hydrogens (tertiary/aromatic N) is 2. The van der Waals surface area contributed by atoms with Crippen LogP contribution in [0.25, 0.3) is 10.8 Å². The van der Waals surface area contributed by atoms with Gasteiger partial charge in [0.05, 0.1) is 52.5 Å². The van der Waals surface area contributed by atoms with Crippen molar-refractivity contribution in [2.75, 3.05) is 11.5 Å². The van der Waals surface area contributed by atoms with Gasteiger partial charge in [-0.15, -0.1) is 0 Å². The van der Waals surface area contributed by atoms with Gasteiger partial charge in [-0.2, -0.15) is 5.26 Å². The Morgan fingerprint density at radius 3 is 2.44 bits per heavy atom. The molecule has 0 saturated carbocycles. The number of benzene rings is 3. The van der Waals surface area contributed by atoms with Crippen molar-refractivity contribution >= 4 is 34.2 Å². The topological polar surface area (TPSA) is 96.7 Å². The van der Waals surface area contributed by atoms with Gasteiger partial charge in [-0.05, 0) is 44.0 Å². The summed E-state index contributed by atoms with van der Waals surface area (Å²) in [4.78, 5) is 41.4. The maximum Gasteiger partial charge on any atom is 0.338 e. The van der Waals surface area contributed by atoms with Crippen LogP contribution in [-0.2, 0) is 19.1 Å². The number of esters is 1. The fourth-order valence-electron chi connectivity index (χ4n) is 6.40.